The lowest BCUT2D eigenvalue weighted by Crippen LogP contribution is -2.33. The zero-order valence-corrected chi connectivity index (χ0v) is 10.1. The Morgan fingerprint density at radius 3 is 2.38 bits per heavy atom. The largest absolute Gasteiger partial charge is 0.287 e. The molecule has 0 aliphatic heterocycles. The summed E-state index contributed by atoms with van der Waals surface area (Å²) in [6, 6.07) is 7.39. The van der Waals surface area contributed by atoms with E-state index in [0.29, 0.717) is 0 Å². The third-order valence-corrected chi connectivity index (χ3v) is 2.55. The third kappa shape index (κ3) is 1.73. The molecule has 84 valence electrons. The molecule has 2 aromatic heterocycles. The number of pyridine rings is 2. The highest BCUT2D eigenvalue weighted by atomic mass is 16.1. The first-order valence-electron chi connectivity index (χ1n) is 5.39. The van der Waals surface area contributed by atoms with Crippen LogP contribution in [0.2, 0.25) is 0 Å². The fraction of sp³-hybridized carbons (Fsp3) is 0.385. The number of aromatic nitrogens is 2. The number of fused-ring (bicyclic) bond motifs is 1. The van der Waals surface area contributed by atoms with Crippen molar-refractivity contribution in [2.24, 2.45) is 0 Å². The average Bonchev–Trinajstić information content (AvgIpc) is 2.14. The summed E-state index contributed by atoms with van der Waals surface area (Å²) in [5.41, 5.74) is 1.44. The van der Waals surface area contributed by atoms with Crippen molar-refractivity contribution >= 4 is 11.0 Å². The fourth-order valence-corrected chi connectivity index (χ4v) is 1.85. The van der Waals surface area contributed by atoms with Gasteiger partial charge in [0.25, 0.3) is 5.56 Å². The van der Waals surface area contributed by atoms with Gasteiger partial charge in [0.1, 0.15) is 5.65 Å². The Labute approximate surface area is 94.7 Å². The second-order valence-electron chi connectivity index (χ2n) is 5.04. The first-order chi connectivity index (χ1) is 7.39. The Morgan fingerprint density at radius 1 is 1.12 bits per heavy atom. The smallest absolute Gasteiger partial charge is 0.252 e. The SMILES string of the molecule is Cc1ccc2ccc(=O)n(C(C)(C)C)c2n1. The van der Waals surface area contributed by atoms with E-state index in [1.165, 1.54) is 0 Å². The molecule has 0 aliphatic carbocycles. The van der Waals surface area contributed by atoms with Gasteiger partial charge in [0, 0.05) is 22.7 Å². The van der Waals surface area contributed by atoms with Crippen molar-refractivity contribution in [3.63, 3.8) is 0 Å². The summed E-state index contributed by atoms with van der Waals surface area (Å²) in [6.45, 7) is 7.97. The molecule has 2 rings (SSSR count). The normalized spacial score (nSPS) is 12.0. The lowest BCUT2D eigenvalue weighted by Gasteiger charge is -2.23. The van der Waals surface area contributed by atoms with Crippen LogP contribution >= 0.6 is 0 Å². The topological polar surface area (TPSA) is 34.9 Å². The molecule has 0 aliphatic rings. The van der Waals surface area contributed by atoms with E-state index < -0.39 is 0 Å². The van der Waals surface area contributed by atoms with E-state index in [0.717, 1.165) is 16.7 Å². The van der Waals surface area contributed by atoms with E-state index >= 15 is 0 Å². The molecule has 0 unspecified atom stereocenters. The zero-order valence-electron chi connectivity index (χ0n) is 10.1. The maximum absolute atomic E-state index is 11.9. The second-order valence-corrected chi connectivity index (χ2v) is 5.04. The van der Waals surface area contributed by atoms with Crippen molar-refractivity contribution in [3.05, 3.63) is 40.3 Å². The Hall–Kier alpha value is -1.64. The molecule has 2 heterocycles. The lowest BCUT2D eigenvalue weighted by atomic mass is 10.1. The summed E-state index contributed by atoms with van der Waals surface area (Å²) in [5, 5.41) is 1.00. The highest BCUT2D eigenvalue weighted by Crippen LogP contribution is 2.18. The van der Waals surface area contributed by atoms with Crippen molar-refractivity contribution in [1.82, 2.24) is 9.55 Å². The zero-order chi connectivity index (χ0) is 11.9. The highest BCUT2D eigenvalue weighted by molar-refractivity contribution is 5.75. The summed E-state index contributed by atoms with van der Waals surface area (Å²) in [7, 11) is 0. The van der Waals surface area contributed by atoms with Crippen LogP contribution in [0.4, 0.5) is 0 Å². The van der Waals surface area contributed by atoms with Gasteiger partial charge in [-0.15, -0.1) is 0 Å². The molecule has 0 saturated heterocycles. The molecule has 0 bridgehead atoms. The van der Waals surface area contributed by atoms with E-state index in [1.807, 2.05) is 45.9 Å². The van der Waals surface area contributed by atoms with Gasteiger partial charge in [0.2, 0.25) is 0 Å². The van der Waals surface area contributed by atoms with Gasteiger partial charge >= 0.3 is 0 Å². The standard InChI is InChI=1S/C13H16N2O/c1-9-5-6-10-7-8-11(16)15(12(10)14-9)13(2,3)4/h5-8H,1-4H3. The van der Waals surface area contributed by atoms with Gasteiger partial charge in [-0.1, -0.05) is 0 Å². The number of aryl methyl sites for hydroxylation is 1. The summed E-state index contributed by atoms with van der Waals surface area (Å²) >= 11 is 0. The lowest BCUT2D eigenvalue weighted by molar-refractivity contribution is 0.395. The minimum absolute atomic E-state index is 0.00176. The van der Waals surface area contributed by atoms with Crippen molar-refractivity contribution in [1.29, 1.82) is 0 Å². The van der Waals surface area contributed by atoms with Crippen LogP contribution in [0.1, 0.15) is 26.5 Å². The quantitative estimate of drug-likeness (QED) is 0.678. The van der Waals surface area contributed by atoms with Gasteiger partial charge in [-0.3, -0.25) is 9.36 Å². The van der Waals surface area contributed by atoms with Gasteiger partial charge in [-0.25, -0.2) is 4.98 Å². The summed E-state index contributed by atoms with van der Waals surface area (Å²) in [6.07, 6.45) is 0. The van der Waals surface area contributed by atoms with Crippen LogP contribution in [-0.2, 0) is 5.54 Å². The molecular weight excluding hydrogens is 200 g/mol. The molecule has 16 heavy (non-hydrogen) atoms. The monoisotopic (exact) mass is 216 g/mol. The Balaban J connectivity index is 2.94. The molecule has 0 atom stereocenters. The first kappa shape index (κ1) is 10.9. The molecule has 2 aromatic rings. The molecule has 0 saturated carbocycles. The van der Waals surface area contributed by atoms with Crippen molar-refractivity contribution in [2.45, 2.75) is 33.2 Å². The molecule has 0 radical (unpaired) electrons. The van der Waals surface area contributed by atoms with Crippen LogP contribution in [0, 0.1) is 6.92 Å². The number of nitrogens with zero attached hydrogens (tertiary/aromatic N) is 2. The van der Waals surface area contributed by atoms with E-state index in [-0.39, 0.29) is 11.1 Å². The Kier molecular flexibility index (Phi) is 2.34. The maximum atomic E-state index is 11.9. The molecule has 0 aromatic carbocycles. The molecule has 0 amide bonds. The molecule has 0 N–H and O–H groups in total. The highest BCUT2D eigenvalue weighted by Gasteiger charge is 2.17. The predicted molar refractivity (Wildman–Crippen MR) is 65.7 cm³/mol. The van der Waals surface area contributed by atoms with Crippen LogP contribution in [0.5, 0.6) is 0 Å². The maximum Gasteiger partial charge on any atom is 0.252 e. The molecule has 3 nitrogen and oxygen atoms in total. The van der Waals surface area contributed by atoms with Crippen LogP contribution < -0.4 is 5.56 Å². The van der Waals surface area contributed by atoms with Crippen LogP contribution in [0.3, 0.4) is 0 Å². The van der Waals surface area contributed by atoms with Crippen LogP contribution in [0.15, 0.2) is 29.1 Å². The van der Waals surface area contributed by atoms with Gasteiger partial charge in [-0.05, 0) is 45.9 Å². The van der Waals surface area contributed by atoms with Gasteiger partial charge in [-0.2, -0.15) is 0 Å². The molecule has 0 spiro atoms. The van der Waals surface area contributed by atoms with Crippen molar-refractivity contribution in [3.8, 4) is 0 Å². The third-order valence-electron chi connectivity index (χ3n) is 2.55. The Bertz CT molecular complexity index is 591. The average molecular weight is 216 g/mol. The van der Waals surface area contributed by atoms with Gasteiger partial charge in [0.05, 0.1) is 0 Å². The fourth-order valence-electron chi connectivity index (χ4n) is 1.85. The first-order valence-corrected chi connectivity index (χ1v) is 5.39. The number of hydrogen-bond acceptors (Lipinski definition) is 2. The van der Waals surface area contributed by atoms with Crippen LogP contribution in [0.25, 0.3) is 11.0 Å². The minimum atomic E-state index is -0.253. The van der Waals surface area contributed by atoms with Crippen molar-refractivity contribution < 1.29 is 0 Å². The second kappa shape index (κ2) is 3.44. The van der Waals surface area contributed by atoms with E-state index in [9.17, 15) is 4.79 Å². The Morgan fingerprint density at radius 2 is 1.75 bits per heavy atom. The molecule has 0 fully saturated rings. The van der Waals surface area contributed by atoms with Gasteiger partial charge in [0.15, 0.2) is 0 Å². The number of hydrogen-bond donors (Lipinski definition) is 0. The summed E-state index contributed by atoms with van der Waals surface area (Å²) < 4.78 is 1.75. The number of rotatable bonds is 0. The van der Waals surface area contributed by atoms with E-state index in [1.54, 1.807) is 10.6 Å². The van der Waals surface area contributed by atoms with Crippen molar-refractivity contribution in [2.75, 3.05) is 0 Å². The molecule has 3 heteroatoms. The summed E-state index contributed by atoms with van der Waals surface area (Å²) in [5.74, 6) is 0. The van der Waals surface area contributed by atoms with E-state index in [4.69, 9.17) is 0 Å². The minimum Gasteiger partial charge on any atom is -0.287 e. The molecular formula is C13H16N2O. The van der Waals surface area contributed by atoms with E-state index in [2.05, 4.69) is 4.98 Å². The van der Waals surface area contributed by atoms with Gasteiger partial charge < -0.3 is 0 Å². The summed E-state index contributed by atoms with van der Waals surface area (Å²) in [4.78, 5) is 16.4. The van der Waals surface area contributed by atoms with Crippen LogP contribution in [-0.4, -0.2) is 9.55 Å². The predicted octanol–water partition coefficient (Wildman–Crippen LogP) is 2.46.